The number of sulfonamides is 1. The third kappa shape index (κ3) is 4.97. The molecule has 1 aromatic carbocycles. The van der Waals surface area contributed by atoms with Gasteiger partial charge in [-0.2, -0.15) is 4.31 Å². The second-order valence-corrected chi connectivity index (χ2v) is 9.19. The minimum absolute atomic E-state index is 0. The molecule has 0 atom stereocenters. The van der Waals surface area contributed by atoms with Gasteiger partial charge in [0.05, 0.1) is 4.90 Å². The predicted octanol–water partition coefficient (Wildman–Crippen LogP) is 1.96. The van der Waals surface area contributed by atoms with Gasteiger partial charge in [0.25, 0.3) is 5.91 Å². The van der Waals surface area contributed by atoms with Crippen LogP contribution in [0.25, 0.3) is 0 Å². The number of carbonyl (C=O) groups excluding carboxylic acids is 1. The van der Waals surface area contributed by atoms with Crippen LogP contribution in [0.3, 0.4) is 0 Å². The van der Waals surface area contributed by atoms with E-state index in [1.54, 1.807) is 30.5 Å². The average molecular weight is 402 g/mol. The number of nitrogens with zero attached hydrogens (tertiary/aromatic N) is 2. The van der Waals surface area contributed by atoms with Crippen LogP contribution in [0, 0.1) is 5.92 Å². The van der Waals surface area contributed by atoms with E-state index in [2.05, 4.69) is 5.32 Å². The monoisotopic (exact) mass is 401 g/mol. The lowest BCUT2D eigenvalue weighted by atomic mass is 10.1. The summed E-state index contributed by atoms with van der Waals surface area (Å²) in [6.45, 7) is 2.16. The van der Waals surface area contributed by atoms with E-state index >= 15 is 0 Å². The lowest BCUT2D eigenvalue weighted by Crippen LogP contribution is -2.45. The van der Waals surface area contributed by atoms with Crippen molar-refractivity contribution >= 4 is 28.3 Å². The molecule has 0 unspecified atom stereocenters. The molecular weight excluding hydrogens is 374 g/mol. The van der Waals surface area contributed by atoms with E-state index in [9.17, 15) is 13.2 Å². The number of nitrogens with one attached hydrogen (secondary N) is 1. The molecule has 1 saturated carbocycles. The van der Waals surface area contributed by atoms with Crippen molar-refractivity contribution < 1.29 is 13.2 Å². The molecule has 2 aliphatic rings. The first kappa shape index (κ1) is 21.2. The number of benzene rings is 1. The van der Waals surface area contributed by atoms with E-state index in [1.807, 2.05) is 0 Å². The molecule has 1 heterocycles. The van der Waals surface area contributed by atoms with Crippen molar-refractivity contribution in [2.45, 2.75) is 36.6 Å². The zero-order chi connectivity index (χ0) is 18.0. The van der Waals surface area contributed by atoms with Crippen LogP contribution in [0.4, 0.5) is 0 Å². The molecule has 8 heteroatoms. The maximum absolute atomic E-state index is 12.8. The van der Waals surface area contributed by atoms with Crippen molar-refractivity contribution in [3.8, 4) is 0 Å². The highest BCUT2D eigenvalue weighted by molar-refractivity contribution is 7.89. The molecule has 0 bridgehead atoms. The topological polar surface area (TPSA) is 69.7 Å². The zero-order valence-corrected chi connectivity index (χ0v) is 17.0. The van der Waals surface area contributed by atoms with E-state index < -0.39 is 10.0 Å². The van der Waals surface area contributed by atoms with Gasteiger partial charge in [0.15, 0.2) is 0 Å². The van der Waals surface area contributed by atoms with E-state index in [1.165, 1.54) is 29.9 Å². The number of carbonyl (C=O) groups is 1. The van der Waals surface area contributed by atoms with Gasteiger partial charge in [0.1, 0.15) is 0 Å². The standard InChI is InChI=1S/C18H27N3O3S.ClH/c1-20(2)18(22)15-5-7-17(8-6-15)25(23,24)21-11-9-16(10-12-21)19-13-14-3-4-14;/h5-8,14,16,19H,3-4,9-13H2,1-2H3;1H. The Labute approximate surface area is 162 Å². The van der Waals surface area contributed by atoms with Crippen LogP contribution in [-0.4, -0.2) is 63.3 Å². The Hall–Kier alpha value is -1.15. The third-order valence-electron chi connectivity index (χ3n) is 4.99. The molecule has 1 aliphatic heterocycles. The Balaban J connectivity index is 0.00000243. The second kappa shape index (κ2) is 8.69. The number of rotatable bonds is 6. The Morgan fingerprint density at radius 1 is 1.12 bits per heavy atom. The molecule has 1 aliphatic carbocycles. The van der Waals surface area contributed by atoms with Gasteiger partial charge in [-0.15, -0.1) is 12.4 Å². The highest BCUT2D eigenvalue weighted by Crippen LogP contribution is 2.28. The summed E-state index contributed by atoms with van der Waals surface area (Å²) < 4.78 is 27.2. The van der Waals surface area contributed by atoms with E-state index in [0.29, 0.717) is 24.7 Å². The first-order valence-corrected chi connectivity index (χ1v) is 10.4. The van der Waals surface area contributed by atoms with E-state index in [-0.39, 0.29) is 23.2 Å². The van der Waals surface area contributed by atoms with Gasteiger partial charge >= 0.3 is 0 Å². The van der Waals surface area contributed by atoms with Crippen molar-refractivity contribution in [1.82, 2.24) is 14.5 Å². The highest BCUT2D eigenvalue weighted by Gasteiger charge is 2.30. The SMILES string of the molecule is CN(C)C(=O)c1ccc(S(=O)(=O)N2CCC(NCC3CC3)CC2)cc1.Cl. The molecule has 1 N–H and O–H groups in total. The summed E-state index contributed by atoms with van der Waals surface area (Å²) in [5.41, 5.74) is 0.493. The van der Waals surface area contributed by atoms with Crippen molar-refractivity contribution in [1.29, 1.82) is 0 Å². The molecule has 3 rings (SSSR count). The van der Waals surface area contributed by atoms with E-state index in [4.69, 9.17) is 0 Å². The fraction of sp³-hybridized carbons (Fsp3) is 0.611. The van der Waals surface area contributed by atoms with Crippen LogP contribution in [0.2, 0.25) is 0 Å². The first-order valence-electron chi connectivity index (χ1n) is 8.93. The van der Waals surface area contributed by atoms with Gasteiger partial charge in [0.2, 0.25) is 10.0 Å². The Bertz CT molecular complexity index is 710. The molecule has 146 valence electrons. The Kier molecular flexibility index (Phi) is 7.07. The molecule has 1 saturated heterocycles. The fourth-order valence-corrected chi connectivity index (χ4v) is 4.60. The summed E-state index contributed by atoms with van der Waals surface area (Å²) in [5, 5.41) is 3.56. The summed E-state index contributed by atoms with van der Waals surface area (Å²) in [6, 6.07) is 6.65. The minimum atomic E-state index is -3.49. The highest BCUT2D eigenvalue weighted by atomic mass is 35.5. The summed E-state index contributed by atoms with van der Waals surface area (Å²) in [5.74, 6) is 0.705. The number of amides is 1. The molecule has 6 nitrogen and oxygen atoms in total. The van der Waals surface area contributed by atoms with Gasteiger partial charge in [-0.25, -0.2) is 8.42 Å². The van der Waals surface area contributed by atoms with Crippen LogP contribution < -0.4 is 5.32 Å². The zero-order valence-electron chi connectivity index (χ0n) is 15.3. The molecule has 1 amide bonds. The summed E-state index contributed by atoms with van der Waals surface area (Å²) >= 11 is 0. The second-order valence-electron chi connectivity index (χ2n) is 7.25. The smallest absolute Gasteiger partial charge is 0.253 e. The van der Waals surface area contributed by atoms with Crippen molar-refractivity contribution in [2.75, 3.05) is 33.7 Å². The van der Waals surface area contributed by atoms with Crippen molar-refractivity contribution in [3.05, 3.63) is 29.8 Å². The van der Waals surface area contributed by atoms with Crippen LogP contribution in [0.5, 0.6) is 0 Å². The summed E-state index contributed by atoms with van der Waals surface area (Å²) in [4.78, 5) is 13.6. The number of piperidine rings is 1. The van der Waals surface area contributed by atoms with Gasteiger partial charge < -0.3 is 10.2 Å². The van der Waals surface area contributed by atoms with Crippen LogP contribution >= 0.6 is 12.4 Å². The Morgan fingerprint density at radius 2 is 1.69 bits per heavy atom. The number of hydrogen-bond acceptors (Lipinski definition) is 4. The maximum Gasteiger partial charge on any atom is 0.253 e. The van der Waals surface area contributed by atoms with Crippen LogP contribution in [0.15, 0.2) is 29.2 Å². The lowest BCUT2D eigenvalue weighted by molar-refractivity contribution is 0.0827. The van der Waals surface area contributed by atoms with Crippen LogP contribution in [0.1, 0.15) is 36.0 Å². The Morgan fingerprint density at radius 3 is 2.19 bits per heavy atom. The third-order valence-corrected chi connectivity index (χ3v) is 6.90. The molecule has 0 aromatic heterocycles. The van der Waals surface area contributed by atoms with Gasteiger partial charge in [-0.1, -0.05) is 0 Å². The fourth-order valence-electron chi connectivity index (χ4n) is 3.13. The summed E-state index contributed by atoms with van der Waals surface area (Å²) in [6.07, 6.45) is 4.35. The predicted molar refractivity (Wildman–Crippen MR) is 104 cm³/mol. The average Bonchev–Trinajstić information content (AvgIpc) is 3.44. The minimum Gasteiger partial charge on any atom is -0.345 e. The molecule has 0 radical (unpaired) electrons. The van der Waals surface area contributed by atoms with Gasteiger partial charge in [-0.3, -0.25) is 4.79 Å². The van der Waals surface area contributed by atoms with Gasteiger partial charge in [-0.05, 0) is 62.4 Å². The maximum atomic E-state index is 12.8. The molecule has 0 spiro atoms. The molecule has 2 fully saturated rings. The number of hydrogen-bond donors (Lipinski definition) is 1. The van der Waals surface area contributed by atoms with Crippen molar-refractivity contribution in [3.63, 3.8) is 0 Å². The van der Waals surface area contributed by atoms with Gasteiger partial charge in [0, 0.05) is 38.8 Å². The number of halogens is 1. The lowest BCUT2D eigenvalue weighted by Gasteiger charge is -2.31. The molecule has 1 aromatic rings. The quantitative estimate of drug-likeness (QED) is 0.791. The van der Waals surface area contributed by atoms with Crippen molar-refractivity contribution in [2.24, 2.45) is 5.92 Å². The largest absolute Gasteiger partial charge is 0.345 e. The van der Waals surface area contributed by atoms with Crippen LogP contribution in [-0.2, 0) is 10.0 Å². The summed E-state index contributed by atoms with van der Waals surface area (Å²) in [7, 11) is -0.136. The normalized spacial score (nSPS) is 19.0. The first-order chi connectivity index (χ1) is 11.9. The molecular formula is C18H28ClN3O3S. The van der Waals surface area contributed by atoms with E-state index in [0.717, 1.165) is 25.3 Å². The molecule has 26 heavy (non-hydrogen) atoms.